The first-order chi connectivity index (χ1) is 15.1. The molecule has 1 saturated carbocycles. The fourth-order valence-corrected chi connectivity index (χ4v) is 4.74. The van der Waals surface area contributed by atoms with Crippen LogP contribution >= 0.6 is 0 Å². The number of methoxy groups -OCH3 is 1. The smallest absolute Gasteiger partial charge is 0.258 e. The minimum atomic E-state index is -0.0617. The Labute approximate surface area is 184 Å². The number of piperidine rings is 2. The second-order valence-electron chi connectivity index (χ2n) is 8.94. The van der Waals surface area contributed by atoms with Crippen LogP contribution in [0.25, 0.3) is 0 Å². The molecular weight excluding hydrogens is 396 g/mol. The van der Waals surface area contributed by atoms with Crippen LogP contribution in [0.4, 0.5) is 0 Å². The number of aliphatic hydroxyl groups is 1. The SMILES string of the molecule is COc1ccc(OC2CCN(C(=O)C3CC3)CC2)c(C(=O)N2CCCC[C@H]2CCO)c1. The molecule has 0 unspecified atom stereocenters. The van der Waals surface area contributed by atoms with Gasteiger partial charge in [-0.1, -0.05) is 0 Å². The van der Waals surface area contributed by atoms with Crippen molar-refractivity contribution in [1.82, 2.24) is 9.80 Å². The van der Waals surface area contributed by atoms with E-state index in [4.69, 9.17) is 9.47 Å². The van der Waals surface area contributed by atoms with Gasteiger partial charge in [-0.05, 0) is 56.7 Å². The fraction of sp³-hybridized carbons (Fsp3) is 0.667. The number of carbonyl (C=O) groups is 2. The molecule has 4 rings (SSSR count). The molecule has 7 nitrogen and oxygen atoms in total. The standard InChI is InChI=1S/C24H34N2O5/c1-30-20-7-8-22(31-19-9-13-25(14-10-19)23(28)17-5-6-17)21(16-20)24(29)26-12-3-2-4-18(26)11-15-27/h7-8,16-19,27H,2-6,9-15H2,1H3/t18-/m0/s1. The number of nitrogens with zero attached hydrogens (tertiary/aromatic N) is 2. The molecule has 1 aromatic rings. The van der Waals surface area contributed by atoms with E-state index in [9.17, 15) is 14.7 Å². The van der Waals surface area contributed by atoms with E-state index in [0.29, 0.717) is 49.0 Å². The minimum absolute atomic E-state index is 0.0159. The van der Waals surface area contributed by atoms with Crippen LogP contribution in [-0.2, 0) is 4.79 Å². The average molecular weight is 431 g/mol. The Morgan fingerprint density at radius 1 is 1.06 bits per heavy atom. The Kier molecular flexibility index (Phi) is 7.00. The van der Waals surface area contributed by atoms with Gasteiger partial charge in [-0.2, -0.15) is 0 Å². The van der Waals surface area contributed by atoms with Gasteiger partial charge in [-0.15, -0.1) is 0 Å². The largest absolute Gasteiger partial charge is 0.497 e. The number of aliphatic hydroxyl groups excluding tert-OH is 1. The summed E-state index contributed by atoms with van der Waals surface area (Å²) in [7, 11) is 1.59. The molecule has 1 atom stereocenters. The zero-order valence-electron chi connectivity index (χ0n) is 18.4. The van der Waals surface area contributed by atoms with E-state index in [1.165, 1.54) is 0 Å². The molecule has 0 spiro atoms. The Morgan fingerprint density at radius 2 is 1.84 bits per heavy atom. The molecule has 2 aliphatic heterocycles. The predicted molar refractivity (Wildman–Crippen MR) is 116 cm³/mol. The highest BCUT2D eigenvalue weighted by atomic mass is 16.5. The zero-order chi connectivity index (χ0) is 21.8. The van der Waals surface area contributed by atoms with Crippen LogP contribution in [0.3, 0.4) is 0 Å². The third-order valence-electron chi connectivity index (χ3n) is 6.74. The number of carbonyl (C=O) groups excluding carboxylic acids is 2. The summed E-state index contributed by atoms with van der Waals surface area (Å²) in [5.74, 6) is 1.68. The second-order valence-corrected chi connectivity index (χ2v) is 8.94. The molecule has 1 aliphatic carbocycles. The highest BCUT2D eigenvalue weighted by molar-refractivity contribution is 5.97. The first-order valence-corrected chi connectivity index (χ1v) is 11.7. The molecule has 170 valence electrons. The lowest BCUT2D eigenvalue weighted by atomic mass is 9.98. The molecule has 3 aliphatic rings. The molecule has 1 aromatic carbocycles. The lowest BCUT2D eigenvalue weighted by Crippen LogP contribution is -2.44. The molecule has 1 N–H and O–H groups in total. The van der Waals surface area contributed by atoms with E-state index >= 15 is 0 Å². The first-order valence-electron chi connectivity index (χ1n) is 11.7. The second kappa shape index (κ2) is 9.90. The van der Waals surface area contributed by atoms with Crippen LogP contribution in [0, 0.1) is 5.92 Å². The Balaban J connectivity index is 1.46. The van der Waals surface area contributed by atoms with Crippen LogP contribution in [-0.4, -0.2) is 72.2 Å². The van der Waals surface area contributed by atoms with Gasteiger partial charge >= 0.3 is 0 Å². The van der Waals surface area contributed by atoms with Gasteiger partial charge in [-0.25, -0.2) is 0 Å². The number of hydrogen-bond donors (Lipinski definition) is 1. The molecule has 0 bridgehead atoms. The number of likely N-dealkylation sites (tertiary alicyclic amines) is 2. The van der Waals surface area contributed by atoms with E-state index in [0.717, 1.165) is 44.9 Å². The molecule has 2 saturated heterocycles. The third kappa shape index (κ3) is 5.14. The van der Waals surface area contributed by atoms with Crippen molar-refractivity contribution in [2.45, 2.75) is 63.5 Å². The van der Waals surface area contributed by atoms with Crippen molar-refractivity contribution >= 4 is 11.8 Å². The third-order valence-corrected chi connectivity index (χ3v) is 6.74. The molecule has 0 aromatic heterocycles. The van der Waals surface area contributed by atoms with Crippen LogP contribution in [0.5, 0.6) is 11.5 Å². The van der Waals surface area contributed by atoms with Crippen LogP contribution in [0.1, 0.15) is 61.7 Å². The Bertz CT molecular complexity index is 784. The molecule has 31 heavy (non-hydrogen) atoms. The molecule has 0 radical (unpaired) electrons. The monoisotopic (exact) mass is 430 g/mol. The van der Waals surface area contributed by atoms with Crippen LogP contribution in [0.2, 0.25) is 0 Å². The van der Waals surface area contributed by atoms with E-state index in [-0.39, 0.29) is 30.6 Å². The Hall–Kier alpha value is -2.28. The van der Waals surface area contributed by atoms with Crippen molar-refractivity contribution < 1.29 is 24.2 Å². The summed E-state index contributed by atoms with van der Waals surface area (Å²) >= 11 is 0. The maximum atomic E-state index is 13.5. The normalized spacial score (nSPS) is 22.3. The van der Waals surface area contributed by atoms with Gasteiger partial charge in [0.2, 0.25) is 5.91 Å². The highest BCUT2D eigenvalue weighted by Gasteiger charge is 2.35. The summed E-state index contributed by atoms with van der Waals surface area (Å²) < 4.78 is 11.7. The zero-order valence-corrected chi connectivity index (χ0v) is 18.4. The summed E-state index contributed by atoms with van der Waals surface area (Å²) in [6.07, 6.45) is 7.15. The quantitative estimate of drug-likeness (QED) is 0.720. The van der Waals surface area contributed by atoms with Crippen molar-refractivity contribution in [3.63, 3.8) is 0 Å². The van der Waals surface area contributed by atoms with Crippen LogP contribution in [0.15, 0.2) is 18.2 Å². The Morgan fingerprint density at radius 3 is 2.52 bits per heavy atom. The van der Waals surface area contributed by atoms with E-state index < -0.39 is 0 Å². The molecule has 2 heterocycles. The van der Waals surface area contributed by atoms with Gasteiger partial charge in [0.05, 0.1) is 12.7 Å². The van der Waals surface area contributed by atoms with Gasteiger partial charge in [0.1, 0.15) is 17.6 Å². The van der Waals surface area contributed by atoms with E-state index in [1.54, 1.807) is 13.2 Å². The van der Waals surface area contributed by atoms with Crippen molar-refractivity contribution in [1.29, 1.82) is 0 Å². The predicted octanol–water partition coefficient (Wildman–Crippen LogP) is 2.85. The topological polar surface area (TPSA) is 79.3 Å². The maximum Gasteiger partial charge on any atom is 0.258 e. The van der Waals surface area contributed by atoms with Gasteiger partial charge in [0.25, 0.3) is 5.91 Å². The van der Waals surface area contributed by atoms with Crippen LogP contribution < -0.4 is 9.47 Å². The lowest BCUT2D eigenvalue weighted by molar-refractivity contribution is -0.134. The highest BCUT2D eigenvalue weighted by Crippen LogP contribution is 2.33. The van der Waals surface area contributed by atoms with Gasteiger partial charge in [0, 0.05) is 51.0 Å². The van der Waals surface area contributed by atoms with Crippen molar-refractivity contribution in [2.75, 3.05) is 33.4 Å². The van der Waals surface area contributed by atoms with Crippen molar-refractivity contribution in [3.05, 3.63) is 23.8 Å². The number of hydrogen-bond acceptors (Lipinski definition) is 5. The summed E-state index contributed by atoms with van der Waals surface area (Å²) in [6, 6.07) is 5.45. The molecular formula is C24H34N2O5. The maximum absolute atomic E-state index is 13.5. The minimum Gasteiger partial charge on any atom is -0.497 e. The van der Waals surface area contributed by atoms with Crippen molar-refractivity contribution in [2.24, 2.45) is 5.92 Å². The summed E-state index contributed by atoms with van der Waals surface area (Å²) in [4.78, 5) is 29.6. The number of rotatable bonds is 7. The molecule has 7 heteroatoms. The number of benzene rings is 1. The summed E-state index contributed by atoms with van der Waals surface area (Å²) in [5, 5.41) is 9.43. The lowest BCUT2D eigenvalue weighted by Gasteiger charge is -2.36. The first kappa shape index (κ1) is 21.9. The summed E-state index contributed by atoms with van der Waals surface area (Å²) in [6.45, 7) is 2.20. The molecule has 3 fully saturated rings. The van der Waals surface area contributed by atoms with E-state index in [1.807, 2.05) is 21.9 Å². The fourth-order valence-electron chi connectivity index (χ4n) is 4.74. The summed E-state index contributed by atoms with van der Waals surface area (Å²) in [5.41, 5.74) is 0.515. The average Bonchev–Trinajstić information content (AvgIpc) is 3.65. The van der Waals surface area contributed by atoms with E-state index in [2.05, 4.69) is 0 Å². The number of ether oxygens (including phenoxy) is 2. The van der Waals surface area contributed by atoms with Gasteiger partial charge < -0.3 is 24.4 Å². The van der Waals surface area contributed by atoms with Gasteiger partial charge in [-0.3, -0.25) is 9.59 Å². The van der Waals surface area contributed by atoms with Crippen molar-refractivity contribution in [3.8, 4) is 11.5 Å². The van der Waals surface area contributed by atoms with Gasteiger partial charge in [0.15, 0.2) is 0 Å². The number of amides is 2. The molecule has 2 amide bonds.